The number of rotatable bonds is 3. The molecule has 128 valence electrons. The predicted molar refractivity (Wildman–Crippen MR) is 83.3 cm³/mol. The number of hydrogen-bond donors (Lipinski definition) is 0. The van der Waals surface area contributed by atoms with Gasteiger partial charge >= 0.3 is 0 Å². The summed E-state index contributed by atoms with van der Waals surface area (Å²) in [5, 5.41) is 8.31. The van der Waals surface area contributed by atoms with Crippen LogP contribution >= 0.6 is 0 Å². The van der Waals surface area contributed by atoms with Crippen LogP contribution in [-0.2, 0) is 11.3 Å². The SMILES string of the molecule is CCn1nc(C)cc1C(=O)N1C[C@@H]2C[C@@H](c3noc(C)n3)O[C@@H]2C1. The molecule has 2 aliphatic rings. The van der Waals surface area contributed by atoms with Crippen LogP contribution in [0.3, 0.4) is 0 Å². The van der Waals surface area contributed by atoms with Crippen LogP contribution in [0.1, 0.15) is 47.3 Å². The highest BCUT2D eigenvalue weighted by Crippen LogP contribution is 2.40. The van der Waals surface area contributed by atoms with Crippen LogP contribution in [-0.4, -0.2) is 49.9 Å². The second-order valence-corrected chi connectivity index (χ2v) is 6.53. The van der Waals surface area contributed by atoms with Gasteiger partial charge in [0.2, 0.25) is 11.7 Å². The summed E-state index contributed by atoms with van der Waals surface area (Å²) < 4.78 is 12.9. The predicted octanol–water partition coefficient (Wildman–Crippen LogP) is 1.51. The fraction of sp³-hybridized carbons (Fsp3) is 0.625. The van der Waals surface area contributed by atoms with Gasteiger partial charge in [0.25, 0.3) is 5.91 Å². The molecule has 4 heterocycles. The first-order valence-corrected chi connectivity index (χ1v) is 8.34. The Labute approximate surface area is 139 Å². The Morgan fingerprint density at radius 1 is 1.38 bits per heavy atom. The average Bonchev–Trinajstić information content (AvgIpc) is 3.27. The van der Waals surface area contributed by atoms with Crippen LogP contribution in [0, 0.1) is 19.8 Å². The maximum atomic E-state index is 12.8. The standard InChI is InChI=1S/C16H21N5O3/c1-4-21-12(5-9(2)18-21)16(22)20-7-11-6-13(23-14(11)8-20)15-17-10(3)24-19-15/h5,11,13-14H,4,6-8H2,1-3H3/t11-,13-,14+/m0/s1. The van der Waals surface area contributed by atoms with Gasteiger partial charge in [0.1, 0.15) is 11.8 Å². The fourth-order valence-electron chi connectivity index (χ4n) is 3.66. The first-order chi connectivity index (χ1) is 11.5. The van der Waals surface area contributed by atoms with E-state index in [4.69, 9.17) is 9.26 Å². The van der Waals surface area contributed by atoms with Crippen molar-refractivity contribution in [2.45, 2.75) is 45.9 Å². The second kappa shape index (κ2) is 5.70. The molecule has 2 saturated heterocycles. The smallest absolute Gasteiger partial charge is 0.272 e. The van der Waals surface area contributed by atoms with Crippen molar-refractivity contribution in [2.24, 2.45) is 5.92 Å². The average molecular weight is 331 g/mol. The zero-order chi connectivity index (χ0) is 16.8. The lowest BCUT2D eigenvalue weighted by atomic mass is 10.0. The molecule has 0 unspecified atom stereocenters. The van der Waals surface area contributed by atoms with Crippen molar-refractivity contribution < 1.29 is 14.1 Å². The van der Waals surface area contributed by atoms with E-state index in [1.54, 1.807) is 11.6 Å². The van der Waals surface area contributed by atoms with Crippen molar-refractivity contribution in [2.75, 3.05) is 13.1 Å². The first kappa shape index (κ1) is 15.3. The molecule has 0 N–H and O–H groups in total. The summed E-state index contributed by atoms with van der Waals surface area (Å²) in [7, 11) is 0. The van der Waals surface area contributed by atoms with Gasteiger partial charge in [-0.1, -0.05) is 5.16 Å². The van der Waals surface area contributed by atoms with Crippen molar-refractivity contribution in [1.82, 2.24) is 24.8 Å². The summed E-state index contributed by atoms with van der Waals surface area (Å²) >= 11 is 0. The molecule has 2 aromatic rings. The molecule has 0 saturated carbocycles. The van der Waals surface area contributed by atoms with Crippen molar-refractivity contribution >= 4 is 5.91 Å². The van der Waals surface area contributed by atoms with Gasteiger partial charge in [0.15, 0.2) is 0 Å². The number of carbonyl (C=O) groups excluding carboxylic acids is 1. The lowest BCUT2D eigenvalue weighted by Gasteiger charge is -2.18. The number of aryl methyl sites for hydroxylation is 3. The van der Waals surface area contributed by atoms with Crippen LogP contribution in [0.15, 0.2) is 10.6 Å². The zero-order valence-corrected chi connectivity index (χ0v) is 14.1. The van der Waals surface area contributed by atoms with Gasteiger partial charge in [-0.15, -0.1) is 0 Å². The number of amides is 1. The van der Waals surface area contributed by atoms with Crippen molar-refractivity contribution in [3.05, 3.63) is 29.2 Å². The zero-order valence-electron chi connectivity index (χ0n) is 14.1. The number of hydrogen-bond acceptors (Lipinski definition) is 6. The van der Waals surface area contributed by atoms with Gasteiger partial charge in [-0.2, -0.15) is 10.1 Å². The molecule has 2 fully saturated rings. The molecular formula is C16H21N5O3. The molecule has 4 rings (SSSR count). The third kappa shape index (κ3) is 2.50. The minimum atomic E-state index is -0.127. The van der Waals surface area contributed by atoms with E-state index in [0.29, 0.717) is 43.0 Å². The molecule has 8 nitrogen and oxygen atoms in total. The highest BCUT2D eigenvalue weighted by molar-refractivity contribution is 5.93. The highest BCUT2D eigenvalue weighted by Gasteiger charge is 2.45. The molecule has 0 bridgehead atoms. The van der Waals surface area contributed by atoms with Crippen LogP contribution in [0.25, 0.3) is 0 Å². The summed E-state index contributed by atoms with van der Waals surface area (Å²) in [4.78, 5) is 18.9. The summed E-state index contributed by atoms with van der Waals surface area (Å²) in [6.07, 6.45) is 0.731. The Balaban J connectivity index is 1.44. The Morgan fingerprint density at radius 3 is 2.88 bits per heavy atom. The Morgan fingerprint density at radius 2 is 2.21 bits per heavy atom. The quantitative estimate of drug-likeness (QED) is 0.847. The van der Waals surface area contributed by atoms with E-state index in [2.05, 4.69) is 15.2 Å². The molecule has 2 aromatic heterocycles. The summed E-state index contributed by atoms with van der Waals surface area (Å²) in [6.45, 7) is 7.65. The van der Waals surface area contributed by atoms with E-state index in [0.717, 1.165) is 12.1 Å². The molecule has 0 radical (unpaired) electrons. The second-order valence-electron chi connectivity index (χ2n) is 6.53. The van der Waals surface area contributed by atoms with Gasteiger partial charge in [-0.25, -0.2) is 0 Å². The van der Waals surface area contributed by atoms with Crippen LogP contribution in [0.4, 0.5) is 0 Å². The van der Waals surface area contributed by atoms with Gasteiger partial charge in [-0.05, 0) is 26.3 Å². The third-order valence-electron chi connectivity index (χ3n) is 4.78. The van der Waals surface area contributed by atoms with E-state index in [9.17, 15) is 4.79 Å². The van der Waals surface area contributed by atoms with Gasteiger partial charge < -0.3 is 14.2 Å². The van der Waals surface area contributed by atoms with E-state index < -0.39 is 0 Å². The van der Waals surface area contributed by atoms with Crippen LogP contribution in [0.2, 0.25) is 0 Å². The molecule has 2 aliphatic heterocycles. The molecular weight excluding hydrogens is 310 g/mol. The largest absolute Gasteiger partial charge is 0.365 e. The number of carbonyl (C=O) groups is 1. The Hall–Kier alpha value is -2.22. The van der Waals surface area contributed by atoms with Crippen LogP contribution in [0.5, 0.6) is 0 Å². The van der Waals surface area contributed by atoms with Gasteiger partial charge in [0, 0.05) is 32.5 Å². The summed E-state index contributed by atoms with van der Waals surface area (Å²) in [5.41, 5.74) is 1.52. The molecule has 8 heteroatoms. The molecule has 0 aliphatic carbocycles. The highest BCUT2D eigenvalue weighted by atomic mass is 16.5. The minimum Gasteiger partial charge on any atom is -0.365 e. The monoisotopic (exact) mass is 331 g/mol. The maximum absolute atomic E-state index is 12.8. The maximum Gasteiger partial charge on any atom is 0.272 e. The number of aromatic nitrogens is 4. The number of ether oxygens (including phenoxy) is 1. The lowest BCUT2D eigenvalue weighted by Crippen LogP contribution is -2.32. The number of nitrogens with zero attached hydrogens (tertiary/aromatic N) is 5. The normalized spacial score (nSPS) is 26.1. The Bertz CT molecular complexity index is 754. The third-order valence-corrected chi connectivity index (χ3v) is 4.78. The molecule has 0 spiro atoms. The number of likely N-dealkylation sites (tertiary alicyclic amines) is 1. The van der Waals surface area contributed by atoms with Crippen molar-refractivity contribution in [1.29, 1.82) is 0 Å². The molecule has 24 heavy (non-hydrogen) atoms. The van der Waals surface area contributed by atoms with E-state index >= 15 is 0 Å². The Kier molecular flexibility index (Phi) is 3.64. The molecule has 1 amide bonds. The van der Waals surface area contributed by atoms with Gasteiger partial charge in [-0.3, -0.25) is 9.48 Å². The van der Waals surface area contributed by atoms with Crippen LogP contribution < -0.4 is 0 Å². The van der Waals surface area contributed by atoms with E-state index in [1.165, 1.54) is 0 Å². The fourth-order valence-corrected chi connectivity index (χ4v) is 3.66. The lowest BCUT2D eigenvalue weighted by molar-refractivity contribution is 0.0302. The number of fused-ring (bicyclic) bond motifs is 1. The summed E-state index contributed by atoms with van der Waals surface area (Å²) in [5.74, 6) is 1.50. The van der Waals surface area contributed by atoms with E-state index in [-0.39, 0.29) is 18.1 Å². The topological polar surface area (TPSA) is 86.3 Å². The minimum absolute atomic E-state index is 0.0300. The molecule has 3 atom stereocenters. The van der Waals surface area contributed by atoms with Crippen molar-refractivity contribution in [3.8, 4) is 0 Å². The van der Waals surface area contributed by atoms with E-state index in [1.807, 2.05) is 24.8 Å². The summed E-state index contributed by atoms with van der Waals surface area (Å²) in [6, 6.07) is 1.85. The molecule has 0 aromatic carbocycles. The first-order valence-electron chi connectivity index (χ1n) is 8.34. The van der Waals surface area contributed by atoms with Gasteiger partial charge in [0.05, 0.1) is 11.8 Å². The van der Waals surface area contributed by atoms with Crippen molar-refractivity contribution in [3.63, 3.8) is 0 Å².